The normalized spacial score (nSPS) is 15.5. The number of carbonyl (C=O) groups excluding carboxylic acids is 3. The number of piperazine rings is 1. The Hall–Kier alpha value is -3.90. The van der Waals surface area contributed by atoms with Gasteiger partial charge in [-0.3, -0.25) is 4.79 Å². The van der Waals surface area contributed by atoms with E-state index in [-0.39, 0.29) is 11.9 Å². The van der Waals surface area contributed by atoms with E-state index in [0.717, 1.165) is 36.0 Å². The van der Waals surface area contributed by atoms with Crippen molar-refractivity contribution in [1.82, 2.24) is 35.8 Å². The number of fused-ring (bicyclic) bond motifs is 1. The van der Waals surface area contributed by atoms with Crippen LogP contribution in [0, 0.1) is 0 Å². The minimum atomic E-state index is -1.06. The minimum absolute atomic E-state index is 0.163. The number of urea groups is 1. The number of esters is 1. The van der Waals surface area contributed by atoms with E-state index in [1.165, 1.54) is 0 Å². The molecule has 0 bridgehead atoms. The number of nitrogens with one attached hydrogen (secondary N) is 5. The topological polar surface area (TPSA) is 170 Å². The molecule has 1 fully saturated rings. The standard InChI is InChI=1S/C32H48N8O4/c1-31(2,3)44-28(41)24(12-8-9-13-33)37-29(42)32(4,5)26-20-36-27(39-26)25(38-30(43)40-16-14-34-15-17-40)18-21-19-35-23-11-7-6-10-22(21)23/h6-7,10-11,19-20,24-25,34-35H,8-9,12-18,33H2,1-5H3,(H,36,39)(H,37,42)(H,38,43)/t24-,25-/m1/s1. The highest BCUT2D eigenvalue weighted by molar-refractivity contribution is 5.91. The number of carbonyl (C=O) groups is 3. The molecular formula is C32H48N8O4. The quantitative estimate of drug-likeness (QED) is 0.136. The van der Waals surface area contributed by atoms with E-state index in [4.69, 9.17) is 10.5 Å². The SMILES string of the molecule is CC(C)(C)OC(=O)[C@@H](CCCCN)NC(=O)C(C)(C)c1cnc([C@@H](Cc2c[nH]c3ccccc23)NC(=O)N2CCNCC2)[nH]1. The third-order valence-corrected chi connectivity index (χ3v) is 7.91. The van der Waals surface area contributed by atoms with Crippen LogP contribution in [0.2, 0.25) is 0 Å². The van der Waals surface area contributed by atoms with Gasteiger partial charge in [0, 0.05) is 61.6 Å². The van der Waals surface area contributed by atoms with Crippen molar-refractivity contribution in [3.8, 4) is 0 Å². The van der Waals surface area contributed by atoms with Crippen molar-refractivity contribution >= 4 is 28.8 Å². The number of rotatable bonds is 12. The molecule has 44 heavy (non-hydrogen) atoms. The maximum Gasteiger partial charge on any atom is 0.329 e. The van der Waals surface area contributed by atoms with Crippen molar-refractivity contribution in [2.45, 2.75) is 83.4 Å². The molecule has 0 radical (unpaired) electrons. The number of ether oxygens (including phenoxy) is 1. The van der Waals surface area contributed by atoms with Gasteiger partial charge >= 0.3 is 12.0 Å². The van der Waals surface area contributed by atoms with Gasteiger partial charge in [0.15, 0.2) is 0 Å². The van der Waals surface area contributed by atoms with Crippen molar-refractivity contribution in [2.75, 3.05) is 32.7 Å². The molecule has 0 unspecified atom stereocenters. The van der Waals surface area contributed by atoms with Crippen LogP contribution < -0.4 is 21.7 Å². The Balaban J connectivity index is 1.55. The van der Waals surface area contributed by atoms with Crippen molar-refractivity contribution in [3.05, 3.63) is 53.7 Å². The molecule has 3 heterocycles. The van der Waals surface area contributed by atoms with E-state index in [0.29, 0.717) is 50.4 Å². The average Bonchev–Trinajstić information content (AvgIpc) is 3.64. The smallest absolute Gasteiger partial charge is 0.329 e. The van der Waals surface area contributed by atoms with Gasteiger partial charge in [0.25, 0.3) is 0 Å². The number of para-hydroxylation sites is 1. The maximum absolute atomic E-state index is 13.7. The fourth-order valence-corrected chi connectivity index (χ4v) is 5.25. The number of nitrogens with zero attached hydrogens (tertiary/aromatic N) is 2. The molecule has 1 aliphatic rings. The van der Waals surface area contributed by atoms with Crippen LogP contribution in [-0.2, 0) is 26.2 Å². The second-order valence-corrected chi connectivity index (χ2v) is 13.0. The molecular weight excluding hydrogens is 560 g/mol. The predicted molar refractivity (Wildman–Crippen MR) is 170 cm³/mol. The van der Waals surface area contributed by atoms with Gasteiger partial charge in [-0.1, -0.05) is 18.2 Å². The van der Waals surface area contributed by atoms with E-state index >= 15 is 0 Å². The van der Waals surface area contributed by atoms with E-state index < -0.39 is 29.1 Å². The van der Waals surface area contributed by atoms with Crippen LogP contribution >= 0.6 is 0 Å². The van der Waals surface area contributed by atoms with E-state index in [1.54, 1.807) is 45.7 Å². The number of amides is 3. The number of nitrogens with two attached hydrogens (primary N) is 1. The third-order valence-electron chi connectivity index (χ3n) is 7.91. The van der Waals surface area contributed by atoms with Crippen molar-refractivity contribution in [1.29, 1.82) is 0 Å². The average molecular weight is 609 g/mol. The first-order valence-electron chi connectivity index (χ1n) is 15.5. The molecule has 0 aliphatic carbocycles. The van der Waals surface area contributed by atoms with E-state index in [2.05, 4.69) is 30.9 Å². The molecule has 1 aromatic carbocycles. The van der Waals surface area contributed by atoms with Crippen LogP contribution in [-0.4, -0.2) is 82.1 Å². The van der Waals surface area contributed by atoms with E-state index in [1.807, 2.05) is 30.5 Å². The minimum Gasteiger partial charge on any atom is -0.458 e. The number of hydrogen-bond acceptors (Lipinski definition) is 7. The van der Waals surface area contributed by atoms with Crippen LogP contribution in [0.4, 0.5) is 4.79 Å². The van der Waals surface area contributed by atoms with Gasteiger partial charge in [-0.05, 0) is 72.1 Å². The maximum atomic E-state index is 13.7. The fraction of sp³-hybridized carbons (Fsp3) is 0.562. The summed E-state index contributed by atoms with van der Waals surface area (Å²) in [5.74, 6) is -0.269. The Labute approximate surface area is 259 Å². The van der Waals surface area contributed by atoms with Gasteiger partial charge < -0.3 is 41.3 Å². The molecule has 1 aliphatic heterocycles. The Bertz CT molecular complexity index is 1420. The van der Waals surface area contributed by atoms with Crippen molar-refractivity contribution in [3.63, 3.8) is 0 Å². The van der Waals surface area contributed by atoms with Crippen LogP contribution in [0.25, 0.3) is 10.9 Å². The van der Waals surface area contributed by atoms with Crippen molar-refractivity contribution < 1.29 is 19.1 Å². The summed E-state index contributed by atoms with van der Waals surface area (Å²) in [4.78, 5) is 53.0. The zero-order valence-corrected chi connectivity index (χ0v) is 26.6. The molecule has 2 aromatic heterocycles. The van der Waals surface area contributed by atoms with Gasteiger partial charge in [0.2, 0.25) is 5.91 Å². The molecule has 0 spiro atoms. The second-order valence-electron chi connectivity index (χ2n) is 13.0. The second kappa shape index (κ2) is 14.3. The predicted octanol–water partition coefficient (Wildman–Crippen LogP) is 3.02. The molecule has 3 aromatic rings. The Kier molecular flexibility index (Phi) is 10.7. The molecule has 3 amide bonds. The van der Waals surface area contributed by atoms with Crippen LogP contribution in [0.3, 0.4) is 0 Å². The summed E-state index contributed by atoms with van der Waals surface area (Å²) in [5.41, 5.74) is 6.53. The number of hydrogen-bond donors (Lipinski definition) is 6. The lowest BCUT2D eigenvalue weighted by atomic mass is 9.88. The summed E-state index contributed by atoms with van der Waals surface area (Å²) in [5, 5.41) is 10.4. The van der Waals surface area contributed by atoms with Gasteiger partial charge in [0.1, 0.15) is 17.5 Å². The van der Waals surface area contributed by atoms with Gasteiger partial charge in [0.05, 0.1) is 11.5 Å². The zero-order valence-electron chi connectivity index (χ0n) is 26.6. The Morgan fingerprint density at radius 1 is 1.07 bits per heavy atom. The Morgan fingerprint density at radius 3 is 2.50 bits per heavy atom. The number of H-pyrrole nitrogens is 2. The first-order valence-corrected chi connectivity index (χ1v) is 15.5. The molecule has 1 saturated heterocycles. The molecule has 4 rings (SSSR count). The number of benzene rings is 1. The lowest BCUT2D eigenvalue weighted by molar-refractivity contribution is -0.159. The number of unbranched alkanes of at least 4 members (excludes halogenated alkanes) is 1. The van der Waals surface area contributed by atoms with Gasteiger partial charge in [-0.2, -0.15) is 0 Å². The highest BCUT2D eigenvalue weighted by Gasteiger charge is 2.36. The summed E-state index contributed by atoms with van der Waals surface area (Å²) in [6.07, 6.45) is 5.91. The highest BCUT2D eigenvalue weighted by Crippen LogP contribution is 2.27. The fourth-order valence-electron chi connectivity index (χ4n) is 5.25. The first-order chi connectivity index (χ1) is 20.9. The molecule has 12 nitrogen and oxygen atoms in total. The van der Waals surface area contributed by atoms with Crippen LogP contribution in [0.5, 0.6) is 0 Å². The van der Waals surface area contributed by atoms with Crippen molar-refractivity contribution in [2.24, 2.45) is 5.73 Å². The van der Waals surface area contributed by atoms with Crippen LogP contribution in [0.1, 0.15) is 77.0 Å². The number of imidazole rings is 1. The number of aromatic amines is 2. The Morgan fingerprint density at radius 2 is 1.80 bits per heavy atom. The molecule has 240 valence electrons. The monoisotopic (exact) mass is 608 g/mol. The molecule has 12 heteroatoms. The first kappa shape index (κ1) is 33.0. The van der Waals surface area contributed by atoms with Crippen LogP contribution in [0.15, 0.2) is 36.7 Å². The molecule has 0 saturated carbocycles. The summed E-state index contributed by atoms with van der Waals surface area (Å²) in [7, 11) is 0. The lowest BCUT2D eigenvalue weighted by Gasteiger charge is -2.29. The highest BCUT2D eigenvalue weighted by atomic mass is 16.6. The third kappa shape index (κ3) is 8.38. The summed E-state index contributed by atoms with van der Waals surface area (Å²) in [6, 6.07) is 6.58. The summed E-state index contributed by atoms with van der Waals surface area (Å²) in [6.45, 7) is 12.2. The molecule has 2 atom stereocenters. The summed E-state index contributed by atoms with van der Waals surface area (Å²) >= 11 is 0. The molecule has 7 N–H and O–H groups in total. The van der Waals surface area contributed by atoms with Gasteiger partial charge in [-0.25, -0.2) is 14.6 Å². The summed E-state index contributed by atoms with van der Waals surface area (Å²) < 4.78 is 5.60. The lowest BCUT2D eigenvalue weighted by Crippen LogP contribution is -2.51. The number of aromatic nitrogens is 3. The van der Waals surface area contributed by atoms with Gasteiger partial charge in [-0.15, -0.1) is 0 Å². The van der Waals surface area contributed by atoms with E-state index in [9.17, 15) is 14.4 Å². The zero-order chi connectivity index (χ0) is 31.9. The largest absolute Gasteiger partial charge is 0.458 e.